The van der Waals surface area contributed by atoms with Crippen molar-refractivity contribution in [2.75, 3.05) is 13.1 Å². The number of halogens is 1. The van der Waals surface area contributed by atoms with Crippen LogP contribution in [-0.4, -0.2) is 13.1 Å². The predicted octanol–water partition coefficient (Wildman–Crippen LogP) is 2.85. The summed E-state index contributed by atoms with van der Waals surface area (Å²) in [5.41, 5.74) is 0.921. The van der Waals surface area contributed by atoms with E-state index in [1.165, 1.54) is 12.1 Å². The molecule has 1 aliphatic heterocycles. The van der Waals surface area contributed by atoms with E-state index in [0.29, 0.717) is 5.92 Å². The third-order valence-corrected chi connectivity index (χ3v) is 3.15. The highest BCUT2D eigenvalue weighted by atomic mass is 19.1. The average Bonchev–Trinajstić information content (AvgIpc) is 2.73. The Hall–Kier alpha value is -1.61. The van der Waals surface area contributed by atoms with Crippen LogP contribution in [0.5, 0.6) is 0 Å². The summed E-state index contributed by atoms with van der Waals surface area (Å²) in [4.78, 5) is 0. The zero-order valence-corrected chi connectivity index (χ0v) is 9.45. The molecule has 2 heterocycles. The van der Waals surface area contributed by atoms with Gasteiger partial charge in [0, 0.05) is 12.0 Å². The maximum absolute atomic E-state index is 12.8. The molecule has 0 spiro atoms. The average molecular weight is 231 g/mol. The molecule has 1 aromatic heterocycles. The molecule has 1 aliphatic rings. The van der Waals surface area contributed by atoms with Gasteiger partial charge in [0.05, 0.1) is 0 Å². The number of hydrogen-bond donors (Lipinski definition) is 1. The normalized spacial score (nSPS) is 15.8. The van der Waals surface area contributed by atoms with Crippen LogP contribution in [0.2, 0.25) is 0 Å². The number of rotatable bonds is 3. The van der Waals surface area contributed by atoms with Crippen molar-refractivity contribution >= 4 is 0 Å². The largest absolute Gasteiger partial charge is 0.461 e. The Labute approximate surface area is 99.5 Å². The van der Waals surface area contributed by atoms with Gasteiger partial charge in [-0.2, -0.15) is 0 Å². The lowest BCUT2D eigenvalue weighted by molar-refractivity contribution is 0.324. The Morgan fingerprint density at radius 3 is 2.53 bits per heavy atom. The third kappa shape index (κ3) is 2.24. The molecule has 0 saturated carbocycles. The van der Waals surface area contributed by atoms with Crippen LogP contribution < -0.4 is 5.32 Å². The van der Waals surface area contributed by atoms with E-state index in [1.807, 2.05) is 12.1 Å². The Morgan fingerprint density at radius 1 is 1.12 bits per heavy atom. The van der Waals surface area contributed by atoms with Crippen molar-refractivity contribution in [1.29, 1.82) is 0 Å². The SMILES string of the molecule is Fc1ccc(-c2ccc(CC3CNC3)o2)cc1. The smallest absolute Gasteiger partial charge is 0.134 e. The lowest BCUT2D eigenvalue weighted by Crippen LogP contribution is -2.42. The van der Waals surface area contributed by atoms with Gasteiger partial charge in [-0.05, 0) is 55.4 Å². The summed E-state index contributed by atoms with van der Waals surface area (Å²) in [6.07, 6.45) is 0.980. The zero-order chi connectivity index (χ0) is 11.7. The van der Waals surface area contributed by atoms with Crippen LogP contribution in [0.3, 0.4) is 0 Å². The molecule has 2 nitrogen and oxygen atoms in total. The minimum absolute atomic E-state index is 0.221. The van der Waals surface area contributed by atoms with E-state index < -0.39 is 0 Å². The van der Waals surface area contributed by atoms with Crippen LogP contribution in [0.1, 0.15) is 5.76 Å². The molecule has 2 aromatic rings. The van der Waals surface area contributed by atoms with E-state index in [2.05, 4.69) is 5.32 Å². The van der Waals surface area contributed by atoms with Crippen molar-refractivity contribution < 1.29 is 8.81 Å². The summed E-state index contributed by atoms with van der Waals surface area (Å²) in [5, 5.41) is 3.24. The van der Waals surface area contributed by atoms with Crippen molar-refractivity contribution in [3.8, 4) is 11.3 Å². The molecule has 88 valence electrons. The number of furan rings is 1. The predicted molar refractivity (Wildman–Crippen MR) is 64.2 cm³/mol. The lowest BCUT2D eigenvalue weighted by atomic mass is 9.98. The molecule has 1 N–H and O–H groups in total. The van der Waals surface area contributed by atoms with Gasteiger partial charge in [0.15, 0.2) is 0 Å². The Kier molecular flexibility index (Phi) is 2.69. The van der Waals surface area contributed by atoms with Gasteiger partial charge >= 0.3 is 0 Å². The summed E-state index contributed by atoms with van der Waals surface area (Å²) in [5.74, 6) is 2.30. The number of nitrogens with one attached hydrogen (secondary N) is 1. The quantitative estimate of drug-likeness (QED) is 0.878. The van der Waals surface area contributed by atoms with Gasteiger partial charge in [-0.3, -0.25) is 0 Å². The molecule has 1 saturated heterocycles. The van der Waals surface area contributed by atoms with Crippen molar-refractivity contribution in [3.63, 3.8) is 0 Å². The van der Waals surface area contributed by atoms with E-state index in [-0.39, 0.29) is 5.82 Å². The Balaban J connectivity index is 1.76. The van der Waals surface area contributed by atoms with Crippen LogP contribution in [0.4, 0.5) is 4.39 Å². The van der Waals surface area contributed by atoms with Crippen molar-refractivity contribution in [3.05, 3.63) is 48.0 Å². The topological polar surface area (TPSA) is 25.2 Å². The van der Waals surface area contributed by atoms with Gasteiger partial charge < -0.3 is 9.73 Å². The monoisotopic (exact) mass is 231 g/mol. The van der Waals surface area contributed by atoms with Crippen LogP contribution >= 0.6 is 0 Å². The molecule has 0 atom stereocenters. The first kappa shape index (κ1) is 10.5. The molecular formula is C14H14FNO. The highest BCUT2D eigenvalue weighted by Crippen LogP contribution is 2.24. The molecule has 1 fully saturated rings. The lowest BCUT2D eigenvalue weighted by Gasteiger charge is -2.25. The molecule has 0 aliphatic carbocycles. The third-order valence-electron chi connectivity index (χ3n) is 3.15. The molecule has 17 heavy (non-hydrogen) atoms. The second-order valence-corrected chi connectivity index (χ2v) is 4.50. The zero-order valence-electron chi connectivity index (χ0n) is 9.45. The fourth-order valence-corrected chi connectivity index (χ4v) is 2.03. The summed E-state index contributed by atoms with van der Waals surface area (Å²) in [6, 6.07) is 10.3. The van der Waals surface area contributed by atoms with E-state index in [9.17, 15) is 4.39 Å². The summed E-state index contributed by atoms with van der Waals surface area (Å²) >= 11 is 0. The first-order chi connectivity index (χ1) is 8.31. The standard InChI is InChI=1S/C14H14FNO/c15-12-3-1-11(2-4-12)14-6-5-13(17-14)7-10-8-16-9-10/h1-6,10,16H,7-9H2. The van der Waals surface area contributed by atoms with E-state index in [1.54, 1.807) is 12.1 Å². The molecule has 0 radical (unpaired) electrons. The summed E-state index contributed by atoms with van der Waals surface area (Å²) < 4.78 is 18.6. The Bertz CT molecular complexity index is 499. The molecule has 3 heteroatoms. The molecule has 0 unspecified atom stereocenters. The molecule has 1 aromatic carbocycles. The van der Waals surface area contributed by atoms with Crippen molar-refractivity contribution in [2.45, 2.75) is 6.42 Å². The number of hydrogen-bond acceptors (Lipinski definition) is 2. The van der Waals surface area contributed by atoms with Gasteiger partial charge in [-0.15, -0.1) is 0 Å². The van der Waals surface area contributed by atoms with Gasteiger partial charge in [0.2, 0.25) is 0 Å². The van der Waals surface area contributed by atoms with Gasteiger partial charge in [0.25, 0.3) is 0 Å². The summed E-state index contributed by atoms with van der Waals surface area (Å²) in [7, 11) is 0. The fraction of sp³-hybridized carbons (Fsp3) is 0.286. The molecule has 0 amide bonds. The molecular weight excluding hydrogens is 217 g/mol. The van der Waals surface area contributed by atoms with Crippen LogP contribution in [0.25, 0.3) is 11.3 Å². The van der Waals surface area contributed by atoms with Gasteiger partial charge in [-0.25, -0.2) is 4.39 Å². The maximum atomic E-state index is 12.8. The minimum Gasteiger partial charge on any atom is -0.461 e. The minimum atomic E-state index is -0.221. The second kappa shape index (κ2) is 4.34. The van der Waals surface area contributed by atoms with E-state index in [0.717, 1.165) is 36.6 Å². The number of benzene rings is 1. The summed E-state index contributed by atoms with van der Waals surface area (Å²) in [6.45, 7) is 2.15. The highest BCUT2D eigenvalue weighted by molar-refractivity contribution is 5.57. The first-order valence-electron chi connectivity index (χ1n) is 5.86. The van der Waals surface area contributed by atoms with Crippen molar-refractivity contribution in [2.24, 2.45) is 5.92 Å². The Morgan fingerprint density at radius 2 is 1.88 bits per heavy atom. The first-order valence-corrected chi connectivity index (χ1v) is 5.86. The highest BCUT2D eigenvalue weighted by Gasteiger charge is 2.18. The van der Waals surface area contributed by atoms with E-state index >= 15 is 0 Å². The van der Waals surface area contributed by atoms with Crippen LogP contribution in [-0.2, 0) is 6.42 Å². The molecule has 0 bridgehead atoms. The second-order valence-electron chi connectivity index (χ2n) is 4.50. The van der Waals surface area contributed by atoms with Crippen molar-refractivity contribution in [1.82, 2.24) is 5.32 Å². The van der Waals surface area contributed by atoms with E-state index in [4.69, 9.17) is 4.42 Å². The van der Waals surface area contributed by atoms with Crippen LogP contribution in [0, 0.1) is 11.7 Å². The van der Waals surface area contributed by atoms with Gasteiger partial charge in [-0.1, -0.05) is 0 Å². The fourth-order valence-electron chi connectivity index (χ4n) is 2.03. The molecule has 3 rings (SSSR count). The van der Waals surface area contributed by atoms with Gasteiger partial charge in [0.1, 0.15) is 17.3 Å². The maximum Gasteiger partial charge on any atom is 0.134 e. The van der Waals surface area contributed by atoms with Crippen LogP contribution in [0.15, 0.2) is 40.8 Å².